The predicted octanol–water partition coefficient (Wildman–Crippen LogP) is 2.81. The second-order valence-corrected chi connectivity index (χ2v) is 7.10. The van der Waals surface area contributed by atoms with Crippen LogP contribution in [0.25, 0.3) is 0 Å². The Morgan fingerprint density at radius 3 is 2.76 bits per heavy atom. The van der Waals surface area contributed by atoms with Crippen molar-refractivity contribution in [3.8, 4) is 0 Å². The topological polar surface area (TPSA) is 55.9 Å². The molecule has 0 fully saturated rings. The summed E-state index contributed by atoms with van der Waals surface area (Å²) in [5, 5.41) is 8.27. The summed E-state index contributed by atoms with van der Waals surface area (Å²) in [6.07, 6.45) is 9.50. The summed E-state index contributed by atoms with van der Waals surface area (Å²) >= 11 is 0. The van der Waals surface area contributed by atoms with Gasteiger partial charge in [-0.3, -0.25) is 4.68 Å². The Hall–Kier alpha value is -1.13. The number of nitrogens with zero attached hydrogens (tertiary/aromatic N) is 2. The van der Waals surface area contributed by atoms with E-state index in [1.54, 1.807) is 5.57 Å². The van der Waals surface area contributed by atoms with Crippen LogP contribution in [-0.2, 0) is 12.5 Å². The maximum absolute atomic E-state index is 6.01. The third-order valence-electron chi connectivity index (χ3n) is 4.15. The zero-order valence-electron chi connectivity index (χ0n) is 13.9. The molecule has 4 heteroatoms. The largest absolute Gasteiger partial charge is 0.329 e. The van der Waals surface area contributed by atoms with Gasteiger partial charge < -0.3 is 11.1 Å². The summed E-state index contributed by atoms with van der Waals surface area (Å²) in [5.41, 5.74) is 10.0. The maximum atomic E-state index is 6.01. The van der Waals surface area contributed by atoms with Crippen molar-refractivity contribution in [1.29, 1.82) is 0 Å². The van der Waals surface area contributed by atoms with Crippen LogP contribution in [0, 0.1) is 0 Å². The Morgan fingerprint density at radius 1 is 1.43 bits per heavy atom. The Bertz CT molecular complexity index is 493. The fourth-order valence-corrected chi connectivity index (χ4v) is 3.04. The van der Waals surface area contributed by atoms with Gasteiger partial charge in [-0.2, -0.15) is 5.10 Å². The third-order valence-corrected chi connectivity index (χ3v) is 4.15. The molecule has 0 spiro atoms. The van der Waals surface area contributed by atoms with Crippen molar-refractivity contribution in [1.82, 2.24) is 15.1 Å². The smallest absolute Gasteiger partial charge is 0.0726 e. The number of rotatable bonds is 6. The highest BCUT2D eigenvalue weighted by Gasteiger charge is 2.25. The minimum absolute atomic E-state index is 0.0413. The molecule has 1 aliphatic carbocycles. The lowest BCUT2D eigenvalue weighted by Crippen LogP contribution is -2.31. The third kappa shape index (κ3) is 4.17. The summed E-state index contributed by atoms with van der Waals surface area (Å²) in [4.78, 5) is 0. The van der Waals surface area contributed by atoms with Crippen LogP contribution in [0.4, 0.5) is 0 Å². The van der Waals surface area contributed by atoms with Crippen LogP contribution in [0.5, 0.6) is 0 Å². The van der Waals surface area contributed by atoms with E-state index >= 15 is 0 Å². The number of aryl methyl sites for hydroxylation is 1. The number of allylic oxidation sites excluding steroid dienone is 1. The number of nitrogens with one attached hydrogen (secondary N) is 1. The van der Waals surface area contributed by atoms with Gasteiger partial charge in [0.2, 0.25) is 0 Å². The number of hydrogen-bond donors (Lipinski definition) is 2. The molecule has 0 amide bonds. The van der Waals surface area contributed by atoms with Gasteiger partial charge in [0.15, 0.2) is 0 Å². The normalized spacial score (nSPS) is 17.1. The molecule has 4 nitrogen and oxygen atoms in total. The van der Waals surface area contributed by atoms with Gasteiger partial charge in [0.1, 0.15) is 0 Å². The van der Waals surface area contributed by atoms with Crippen molar-refractivity contribution in [3.05, 3.63) is 29.1 Å². The van der Waals surface area contributed by atoms with Gasteiger partial charge in [-0.25, -0.2) is 0 Å². The summed E-state index contributed by atoms with van der Waals surface area (Å²) in [6, 6.07) is 0.190. The quantitative estimate of drug-likeness (QED) is 0.792. The molecule has 1 atom stereocenters. The van der Waals surface area contributed by atoms with E-state index in [0.717, 1.165) is 18.7 Å². The SMILES string of the molecule is Cn1cc(C(CN)NCCC2=CCCC2)c(C(C)(C)C)n1. The molecule has 0 aliphatic heterocycles. The Kier molecular flexibility index (Phi) is 5.22. The van der Waals surface area contributed by atoms with E-state index in [1.807, 2.05) is 11.7 Å². The molecule has 0 radical (unpaired) electrons. The molecule has 1 aliphatic rings. The van der Waals surface area contributed by atoms with Gasteiger partial charge in [-0.1, -0.05) is 32.4 Å². The molecule has 118 valence electrons. The minimum atomic E-state index is 0.0413. The monoisotopic (exact) mass is 290 g/mol. The van der Waals surface area contributed by atoms with E-state index in [0.29, 0.717) is 6.54 Å². The van der Waals surface area contributed by atoms with Gasteiger partial charge in [-0.05, 0) is 32.2 Å². The van der Waals surface area contributed by atoms with E-state index in [1.165, 1.54) is 24.8 Å². The highest BCUT2D eigenvalue weighted by atomic mass is 15.3. The molecule has 0 saturated carbocycles. The summed E-state index contributed by atoms with van der Waals surface area (Å²) < 4.78 is 1.90. The van der Waals surface area contributed by atoms with Crippen LogP contribution in [0.2, 0.25) is 0 Å². The Labute approximate surface area is 128 Å². The van der Waals surface area contributed by atoms with Crippen molar-refractivity contribution in [2.24, 2.45) is 12.8 Å². The fraction of sp³-hybridized carbons (Fsp3) is 0.706. The first-order valence-corrected chi connectivity index (χ1v) is 8.07. The van der Waals surface area contributed by atoms with Crippen molar-refractivity contribution < 1.29 is 0 Å². The lowest BCUT2D eigenvalue weighted by molar-refractivity contribution is 0.507. The zero-order chi connectivity index (χ0) is 15.5. The molecule has 1 unspecified atom stereocenters. The van der Waals surface area contributed by atoms with E-state index in [9.17, 15) is 0 Å². The molecule has 0 aromatic carbocycles. The van der Waals surface area contributed by atoms with Crippen LogP contribution in [-0.4, -0.2) is 22.9 Å². The first-order valence-electron chi connectivity index (χ1n) is 8.07. The van der Waals surface area contributed by atoms with Crippen LogP contribution in [0.3, 0.4) is 0 Å². The van der Waals surface area contributed by atoms with E-state index in [2.05, 4.69) is 43.5 Å². The van der Waals surface area contributed by atoms with Crippen LogP contribution in [0.15, 0.2) is 17.8 Å². The van der Waals surface area contributed by atoms with Crippen molar-refractivity contribution in [2.45, 2.75) is 57.9 Å². The summed E-state index contributed by atoms with van der Waals surface area (Å²) in [6.45, 7) is 8.21. The van der Waals surface area contributed by atoms with Gasteiger partial charge in [0.25, 0.3) is 0 Å². The molecule has 1 heterocycles. The molecule has 0 saturated heterocycles. The summed E-state index contributed by atoms with van der Waals surface area (Å²) in [7, 11) is 1.98. The maximum Gasteiger partial charge on any atom is 0.0726 e. The average molecular weight is 290 g/mol. The molecule has 1 aromatic heterocycles. The first-order chi connectivity index (χ1) is 9.91. The van der Waals surface area contributed by atoms with Gasteiger partial charge in [0.05, 0.1) is 5.69 Å². The fourth-order valence-electron chi connectivity index (χ4n) is 3.04. The van der Waals surface area contributed by atoms with Crippen LogP contribution < -0.4 is 11.1 Å². The standard InChI is InChI=1S/C17H30N4/c1-17(2,3)16-14(12-21(4)20-16)15(11-18)19-10-9-13-7-5-6-8-13/h7,12,15,19H,5-6,8-11,18H2,1-4H3. The average Bonchev–Trinajstić information content (AvgIpc) is 3.03. The first kappa shape index (κ1) is 16.2. The highest BCUT2D eigenvalue weighted by molar-refractivity contribution is 5.27. The molecule has 0 bridgehead atoms. The molecule has 21 heavy (non-hydrogen) atoms. The molecule has 1 aromatic rings. The lowest BCUT2D eigenvalue weighted by Gasteiger charge is -2.23. The molecule has 2 rings (SSSR count). The zero-order valence-corrected chi connectivity index (χ0v) is 13.9. The van der Waals surface area contributed by atoms with E-state index in [-0.39, 0.29) is 11.5 Å². The number of nitrogens with two attached hydrogens (primary N) is 1. The molecular formula is C17H30N4. The molecule has 3 N–H and O–H groups in total. The van der Waals surface area contributed by atoms with Gasteiger partial charge >= 0.3 is 0 Å². The predicted molar refractivity (Wildman–Crippen MR) is 88.3 cm³/mol. The van der Waals surface area contributed by atoms with Crippen LogP contribution in [0.1, 0.15) is 63.8 Å². The van der Waals surface area contributed by atoms with Gasteiger partial charge in [0, 0.05) is 36.8 Å². The number of aromatic nitrogens is 2. The van der Waals surface area contributed by atoms with Gasteiger partial charge in [-0.15, -0.1) is 0 Å². The Morgan fingerprint density at radius 2 is 2.19 bits per heavy atom. The highest BCUT2D eigenvalue weighted by Crippen LogP contribution is 2.28. The second kappa shape index (κ2) is 6.75. The van der Waals surface area contributed by atoms with Crippen molar-refractivity contribution in [2.75, 3.05) is 13.1 Å². The van der Waals surface area contributed by atoms with Crippen molar-refractivity contribution >= 4 is 0 Å². The summed E-state index contributed by atoms with van der Waals surface area (Å²) in [5.74, 6) is 0. The van der Waals surface area contributed by atoms with E-state index in [4.69, 9.17) is 5.73 Å². The van der Waals surface area contributed by atoms with Crippen LogP contribution >= 0.6 is 0 Å². The lowest BCUT2D eigenvalue weighted by atomic mass is 9.87. The second-order valence-electron chi connectivity index (χ2n) is 7.10. The Balaban J connectivity index is 2.03. The molecular weight excluding hydrogens is 260 g/mol. The number of hydrogen-bond acceptors (Lipinski definition) is 3. The van der Waals surface area contributed by atoms with Crippen molar-refractivity contribution in [3.63, 3.8) is 0 Å². The minimum Gasteiger partial charge on any atom is -0.329 e. The van der Waals surface area contributed by atoms with E-state index < -0.39 is 0 Å².